The molecule has 1 atom stereocenters. The average Bonchev–Trinajstić information content (AvgIpc) is 2.20. The van der Waals surface area contributed by atoms with Gasteiger partial charge in [-0.1, -0.05) is 6.07 Å². The smallest absolute Gasteiger partial charge is 0.197 e. The van der Waals surface area contributed by atoms with E-state index in [1.807, 2.05) is 0 Å². The predicted molar refractivity (Wildman–Crippen MR) is 63.0 cm³/mol. The number of phenols is 2. The molecule has 6 N–H and O–H groups in total. The van der Waals surface area contributed by atoms with Crippen molar-refractivity contribution in [2.45, 2.75) is 6.17 Å². The van der Waals surface area contributed by atoms with Crippen LogP contribution >= 0.6 is 12.2 Å². The van der Waals surface area contributed by atoms with Gasteiger partial charge in [0.25, 0.3) is 0 Å². The number of benzene rings is 1. The molecule has 1 aromatic carbocycles. The predicted octanol–water partition coefficient (Wildman–Crippen LogP) is -0.111. The van der Waals surface area contributed by atoms with E-state index in [-0.39, 0.29) is 17.5 Å². The summed E-state index contributed by atoms with van der Waals surface area (Å²) < 4.78 is 0. The van der Waals surface area contributed by atoms with Gasteiger partial charge in [-0.2, -0.15) is 0 Å². The normalized spacial score (nSPS) is 19.6. The Bertz CT molecular complexity index is 475. The van der Waals surface area contributed by atoms with Gasteiger partial charge in [-0.3, -0.25) is 0 Å². The minimum absolute atomic E-state index is 0.183. The standard InChI is InChI=1S/C9H10N4O2S/c10-8-11-7(12-9(16)13-8)4-1-2-5(14)6(15)3-4/h1-3,7,14-15H,(H4,10,11,12,13,16)/t7-/m1/s1. The lowest BCUT2D eigenvalue weighted by Crippen LogP contribution is -2.49. The van der Waals surface area contributed by atoms with E-state index in [0.29, 0.717) is 10.7 Å². The van der Waals surface area contributed by atoms with Crippen molar-refractivity contribution < 1.29 is 10.2 Å². The van der Waals surface area contributed by atoms with Crippen molar-refractivity contribution >= 4 is 23.3 Å². The molecule has 0 radical (unpaired) electrons. The Labute approximate surface area is 96.8 Å². The number of guanidine groups is 1. The van der Waals surface area contributed by atoms with E-state index in [1.54, 1.807) is 6.07 Å². The molecule has 1 aliphatic rings. The molecule has 0 unspecified atom stereocenters. The summed E-state index contributed by atoms with van der Waals surface area (Å²) in [5.74, 6) is -0.184. The molecule has 16 heavy (non-hydrogen) atoms. The molecule has 1 heterocycles. The van der Waals surface area contributed by atoms with E-state index >= 15 is 0 Å². The first-order chi connectivity index (χ1) is 7.56. The van der Waals surface area contributed by atoms with Gasteiger partial charge in [0, 0.05) is 5.56 Å². The van der Waals surface area contributed by atoms with E-state index in [0.717, 1.165) is 0 Å². The largest absolute Gasteiger partial charge is 0.504 e. The maximum absolute atomic E-state index is 9.36. The van der Waals surface area contributed by atoms with Gasteiger partial charge in [0.1, 0.15) is 6.17 Å². The second-order valence-electron chi connectivity index (χ2n) is 3.26. The van der Waals surface area contributed by atoms with Crippen LogP contribution in [0.2, 0.25) is 0 Å². The molecule has 1 aromatic rings. The van der Waals surface area contributed by atoms with Crippen LogP contribution in [0.4, 0.5) is 0 Å². The van der Waals surface area contributed by atoms with Gasteiger partial charge in [-0.15, -0.1) is 0 Å². The van der Waals surface area contributed by atoms with E-state index in [1.165, 1.54) is 12.1 Å². The lowest BCUT2D eigenvalue weighted by atomic mass is 10.1. The number of nitrogens with two attached hydrogens (primary N) is 1. The highest BCUT2D eigenvalue weighted by Gasteiger charge is 2.18. The van der Waals surface area contributed by atoms with Crippen LogP contribution in [0.25, 0.3) is 0 Å². The first kappa shape index (κ1) is 10.5. The maximum Gasteiger partial charge on any atom is 0.197 e. The summed E-state index contributed by atoms with van der Waals surface area (Å²) >= 11 is 4.92. The van der Waals surface area contributed by atoms with Gasteiger partial charge in [-0.25, -0.2) is 4.99 Å². The monoisotopic (exact) mass is 238 g/mol. The molecule has 0 fully saturated rings. The fourth-order valence-corrected chi connectivity index (χ4v) is 1.56. The van der Waals surface area contributed by atoms with Crippen LogP contribution in [-0.2, 0) is 0 Å². The first-order valence-electron chi connectivity index (χ1n) is 4.49. The Balaban J connectivity index is 2.33. The molecule has 0 bridgehead atoms. The van der Waals surface area contributed by atoms with Crippen LogP contribution in [0, 0.1) is 0 Å². The maximum atomic E-state index is 9.36. The Morgan fingerprint density at radius 2 is 2.06 bits per heavy atom. The molecule has 0 amide bonds. The van der Waals surface area contributed by atoms with Crippen LogP contribution in [0.3, 0.4) is 0 Å². The third kappa shape index (κ3) is 1.98. The summed E-state index contributed by atoms with van der Waals surface area (Å²) in [7, 11) is 0. The van der Waals surface area contributed by atoms with E-state index in [4.69, 9.17) is 18.0 Å². The van der Waals surface area contributed by atoms with Crippen molar-refractivity contribution in [2.24, 2.45) is 10.7 Å². The van der Waals surface area contributed by atoms with Gasteiger partial charge >= 0.3 is 0 Å². The van der Waals surface area contributed by atoms with Crippen LogP contribution in [0.1, 0.15) is 11.7 Å². The number of nitrogens with one attached hydrogen (secondary N) is 2. The summed E-state index contributed by atoms with van der Waals surface area (Å²) in [5.41, 5.74) is 6.18. The molecule has 0 saturated heterocycles. The number of rotatable bonds is 1. The fourth-order valence-electron chi connectivity index (χ4n) is 1.35. The van der Waals surface area contributed by atoms with Crippen molar-refractivity contribution in [3.63, 3.8) is 0 Å². The number of aromatic hydroxyl groups is 2. The molecule has 0 spiro atoms. The minimum Gasteiger partial charge on any atom is -0.504 e. The molecule has 2 rings (SSSR count). The summed E-state index contributed by atoms with van der Waals surface area (Å²) in [5, 5.41) is 24.4. The second-order valence-corrected chi connectivity index (χ2v) is 3.67. The van der Waals surface area contributed by atoms with E-state index in [2.05, 4.69) is 15.6 Å². The Hall–Kier alpha value is -2.02. The summed E-state index contributed by atoms with van der Waals surface area (Å²) in [4.78, 5) is 4.07. The Morgan fingerprint density at radius 1 is 1.31 bits per heavy atom. The molecule has 7 heteroatoms. The van der Waals surface area contributed by atoms with Crippen molar-refractivity contribution in [1.82, 2.24) is 10.6 Å². The van der Waals surface area contributed by atoms with Crippen molar-refractivity contribution in [1.29, 1.82) is 0 Å². The third-order valence-corrected chi connectivity index (χ3v) is 2.31. The first-order valence-corrected chi connectivity index (χ1v) is 4.90. The molecular weight excluding hydrogens is 228 g/mol. The quantitative estimate of drug-likeness (QED) is 0.345. The van der Waals surface area contributed by atoms with Crippen molar-refractivity contribution in [3.05, 3.63) is 23.8 Å². The molecule has 84 valence electrons. The van der Waals surface area contributed by atoms with E-state index < -0.39 is 6.17 Å². The van der Waals surface area contributed by atoms with Crippen molar-refractivity contribution in [3.8, 4) is 11.5 Å². The number of hydrogen-bond donors (Lipinski definition) is 5. The van der Waals surface area contributed by atoms with Gasteiger partial charge < -0.3 is 26.6 Å². The van der Waals surface area contributed by atoms with Gasteiger partial charge in [0.05, 0.1) is 0 Å². The minimum atomic E-state index is -0.458. The lowest BCUT2D eigenvalue weighted by Gasteiger charge is -2.23. The molecule has 0 saturated carbocycles. The highest BCUT2D eigenvalue weighted by molar-refractivity contribution is 7.80. The Kier molecular flexibility index (Phi) is 2.53. The zero-order chi connectivity index (χ0) is 11.7. The van der Waals surface area contributed by atoms with Crippen LogP contribution < -0.4 is 16.4 Å². The number of nitrogens with zero attached hydrogens (tertiary/aromatic N) is 1. The van der Waals surface area contributed by atoms with Crippen LogP contribution in [0.15, 0.2) is 23.2 Å². The Morgan fingerprint density at radius 3 is 2.69 bits per heavy atom. The summed E-state index contributed by atoms with van der Waals surface area (Å²) in [6, 6.07) is 4.40. The number of thiocarbonyl (C=S) groups is 1. The van der Waals surface area contributed by atoms with Gasteiger partial charge in [0.2, 0.25) is 0 Å². The van der Waals surface area contributed by atoms with Crippen LogP contribution in [-0.4, -0.2) is 21.3 Å². The summed E-state index contributed by atoms with van der Waals surface area (Å²) in [6.07, 6.45) is -0.458. The lowest BCUT2D eigenvalue weighted by molar-refractivity contribution is 0.402. The van der Waals surface area contributed by atoms with Crippen LogP contribution in [0.5, 0.6) is 11.5 Å². The SMILES string of the molecule is NC1=N[C@@H](c2ccc(O)c(O)c2)NC(=S)N1. The third-order valence-electron chi connectivity index (χ3n) is 2.09. The average molecular weight is 238 g/mol. The molecular formula is C9H10N4O2S. The van der Waals surface area contributed by atoms with Gasteiger partial charge in [-0.05, 0) is 24.4 Å². The topological polar surface area (TPSA) is 103 Å². The highest BCUT2D eigenvalue weighted by atomic mass is 32.1. The summed E-state index contributed by atoms with van der Waals surface area (Å²) in [6.45, 7) is 0. The highest BCUT2D eigenvalue weighted by Crippen LogP contribution is 2.28. The van der Waals surface area contributed by atoms with Gasteiger partial charge in [0.15, 0.2) is 22.6 Å². The molecule has 6 nitrogen and oxygen atoms in total. The zero-order valence-electron chi connectivity index (χ0n) is 8.14. The van der Waals surface area contributed by atoms with Crippen molar-refractivity contribution in [2.75, 3.05) is 0 Å². The molecule has 1 aliphatic heterocycles. The zero-order valence-corrected chi connectivity index (χ0v) is 8.95. The molecule has 0 aromatic heterocycles. The molecule has 0 aliphatic carbocycles. The second kappa shape index (κ2) is 3.86. The number of aliphatic imine (C=N–C) groups is 1. The van der Waals surface area contributed by atoms with E-state index in [9.17, 15) is 10.2 Å². The fraction of sp³-hybridized carbons (Fsp3) is 0.111. The number of phenolic OH excluding ortho intramolecular Hbond substituents is 2. The number of hydrogen-bond acceptors (Lipinski definition) is 5.